The van der Waals surface area contributed by atoms with Gasteiger partial charge < -0.3 is 10.1 Å². The maximum atomic E-state index is 11.9. The highest BCUT2D eigenvalue weighted by Gasteiger charge is 2.07. The van der Waals surface area contributed by atoms with Crippen LogP contribution < -0.4 is 10.1 Å². The summed E-state index contributed by atoms with van der Waals surface area (Å²) in [6.45, 7) is 0. The molecule has 2 rings (SSSR count). The number of rotatable bonds is 4. The van der Waals surface area contributed by atoms with Crippen LogP contribution in [-0.4, -0.2) is 13.0 Å². The van der Waals surface area contributed by atoms with Crippen LogP contribution >= 0.6 is 11.6 Å². The van der Waals surface area contributed by atoms with Crippen molar-refractivity contribution in [2.45, 2.75) is 6.42 Å². The monoisotopic (exact) mass is 275 g/mol. The molecule has 0 saturated heterocycles. The Balaban J connectivity index is 2.03. The van der Waals surface area contributed by atoms with Crippen molar-refractivity contribution in [3.8, 4) is 5.75 Å². The molecule has 2 aromatic carbocycles. The molecule has 0 aliphatic heterocycles. The van der Waals surface area contributed by atoms with E-state index in [1.165, 1.54) is 0 Å². The zero-order valence-electron chi connectivity index (χ0n) is 10.5. The van der Waals surface area contributed by atoms with Crippen molar-refractivity contribution in [3.05, 3.63) is 59.1 Å². The molecule has 0 fully saturated rings. The first-order chi connectivity index (χ1) is 9.19. The van der Waals surface area contributed by atoms with Gasteiger partial charge in [0.25, 0.3) is 0 Å². The number of benzene rings is 2. The van der Waals surface area contributed by atoms with E-state index in [0.717, 1.165) is 11.3 Å². The van der Waals surface area contributed by atoms with Gasteiger partial charge in [-0.2, -0.15) is 0 Å². The molecular formula is C15H14ClNO2. The molecule has 19 heavy (non-hydrogen) atoms. The zero-order chi connectivity index (χ0) is 13.7. The second-order valence-electron chi connectivity index (χ2n) is 4.06. The highest BCUT2D eigenvalue weighted by atomic mass is 35.5. The second kappa shape index (κ2) is 6.25. The molecule has 1 amide bonds. The predicted molar refractivity (Wildman–Crippen MR) is 76.8 cm³/mol. The van der Waals surface area contributed by atoms with Gasteiger partial charge in [-0.05, 0) is 29.8 Å². The van der Waals surface area contributed by atoms with Crippen LogP contribution in [0.4, 0.5) is 5.69 Å². The van der Waals surface area contributed by atoms with Gasteiger partial charge in [-0.3, -0.25) is 4.79 Å². The largest absolute Gasteiger partial charge is 0.497 e. The molecule has 0 aliphatic rings. The summed E-state index contributed by atoms with van der Waals surface area (Å²) in [5.41, 5.74) is 1.51. The Labute approximate surface area is 117 Å². The third-order valence-corrected chi connectivity index (χ3v) is 2.98. The Morgan fingerprint density at radius 1 is 1.21 bits per heavy atom. The molecule has 0 aliphatic carbocycles. The predicted octanol–water partition coefficient (Wildman–Crippen LogP) is 3.53. The smallest absolute Gasteiger partial charge is 0.228 e. The summed E-state index contributed by atoms with van der Waals surface area (Å²) in [6, 6.07) is 14.6. The molecule has 3 nitrogen and oxygen atoms in total. The van der Waals surface area contributed by atoms with Crippen LogP contribution in [0, 0.1) is 0 Å². The summed E-state index contributed by atoms with van der Waals surface area (Å²) in [5, 5.41) is 3.31. The lowest BCUT2D eigenvalue weighted by atomic mass is 10.1. The Morgan fingerprint density at radius 2 is 2.00 bits per heavy atom. The molecule has 0 bridgehead atoms. The van der Waals surface area contributed by atoms with Gasteiger partial charge in [0, 0.05) is 0 Å². The number of carbonyl (C=O) groups is 1. The van der Waals surface area contributed by atoms with Crippen LogP contribution in [0.3, 0.4) is 0 Å². The maximum absolute atomic E-state index is 11.9. The number of halogens is 1. The summed E-state index contributed by atoms with van der Waals surface area (Å²) >= 11 is 5.98. The van der Waals surface area contributed by atoms with Crippen molar-refractivity contribution >= 4 is 23.2 Å². The maximum Gasteiger partial charge on any atom is 0.228 e. The lowest BCUT2D eigenvalue weighted by molar-refractivity contribution is -0.115. The molecule has 0 heterocycles. The lowest BCUT2D eigenvalue weighted by Gasteiger charge is -2.07. The average Bonchev–Trinajstić information content (AvgIpc) is 2.41. The number of ether oxygens (including phenoxy) is 1. The summed E-state index contributed by atoms with van der Waals surface area (Å²) in [7, 11) is 1.60. The number of carbonyl (C=O) groups excluding carboxylic acids is 1. The normalized spacial score (nSPS) is 10.0. The van der Waals surface area contributed by atoms with Gasteiger partial charge in [0.05, 0.1) is 24.2 Å². The van der Waals surface area contributed by atoms with Crippen molar-refractivity contribution in [3.63, 3.8) is 0 Å². The SMILES string of the molecule is COc1cccc(CC(=O)Nc2ccccc2Cl)c1. The Hall–Kier alpha value is -2.00. The van der Waals surface area contributed by atoms with E-state index in [1.54, 1.807) is 19.2 Å². The molecule has 0 aromatic heterocycles. The van der Waals surface area contributed by atoms with Crippen LogP contribution in [0.5, 0.6) is 5.75 Å². The van der Waals surface area contributed by atoms with E-state index < -0.39 is 0 Å². The van der Waals surface area contributed by atoms with Gasteiger partial charge in [0.15, 0.2) is 0 Å². The van der Waals surface area contributed by atoms with Gasteiger partial charge in [0.1, 0.15) is 5.75 Å². The first-order valence-corrected chi connectivity index (χ1v) is 6.24. The second-order valence-corrected chi connectivity index (χ2v) is 4.46. The van der Waals surface area contributed by atoms with Crippen molar-refractivity contribution in [2.24, 2.45) is 0 Å². The first-order valence-electron chi connectivity index (χ1n) is 5.86. The van der Waals surface area contributed by atoms with E-state index in [0.29, 0.717) is 10.7 Å². The van der Waals surface area contributed by atoms with Crippen molar-refractivity contribution < 1.29 is 9.53 Å². The van der Waals surface area contributed by atoms with Gasteiger partial charge in [-0.15, -0.1) is 0 Å². The molecular weight excluding hydrogens is 262 g/mol. The average molecular weight is 276 g/mol. The highest BCUT2D eigenvalue weighted by molar-refractivity contribution is 6.33. The highest BCUT2D eigenvalue weighted by Crippen LogP contribution is 2.21. The zero-order valence-corrected chi connectivity index (χ0v) is 11.3. The van der Waals surface area contributed by atoms with Gasteiger partial charge >= 0.3 is 0 Å². The van der Waals surface area contributed by atoms with E-state index in [1.807, 2.05) is 36.4 Å². The van der Waals surface area contributed by atoms with E-state index in [9.17, 15) is 4.79 Å². The fourth-order valence-electron chi connectivity index (χ4n) is 1.72. The number of anilines is 1. The number of methoxy groups -OCH3 is 1. The fraction of sp³-hybridized carbons (Fsp3) is 0.133. The standard InChI is InChI=1S/C15H14ClNO2/c1-19-12-6-4-5-11(9-12)10-15(18)17-14-8-3-2-7-13(14)16/h2-9H,10H2,1H3,(H,17,18). The third kappa shape index (κ3) is 3.73. The van der Waals surface area contributed by atoms with Crippen LogP contribution in [-0.2, 0) is 11.2 Å². The van der Waals surface area contributed by atoms with Crippen LogP contribution in [0.25, 0.3) is 0 Å². The molecule has 98 valence electrons. The van der Waals surface area contributed by atoms with E-state index in [2.05, 4.69) is 5.32 Å². The van der Waals surface area contributed by atoms with E-state index in [4.69, 9.17) is 16.3 Å². The number of amides is 1. The third-order valence-electron chi connectivity index (χ3n) is 2.65. The minimum Gasteiger partial charge on any atom is -0.497 e. The summed E-state index contributed by atoms with van der Waals surface area (Å²) in [5.74, 6) is 0.629. The molecule has 0 atom stereocenters. The molecule has 0 spiro atoms. The fourth-order valence-corrected chi connectivity index (χ4v) is 1.91. The number of hydrogen-bond acceptors (Lipinski definition) is 2. The van der Waals surface area contributed by atoms with Gasteiger partial charge in [-0.1, -0.05) is 35.9 Å². The molecule has 0 unspecified atom stereocenters. The summed E-state index contributed by atoms with van der Waals surface area (Å²) < 4.78 is 5.12. The van der Waals surface area contributed by atoms with Crippen molar-refractivity contribution in [1.82, 2.24) is 0 Å². The first kappa shape index (κ1) is 13.4. The number of para-hydroxylation sites is 1. The molecule has 0 saturated carbocycles. The quantitative estimate of drug-likeness (QED) is 0.927. The van der Waals surface area contributed by atoms with Gasteiger partial charge in [0.2, 0.25) is 5.91 Å². The molecule has 1 N–H and O–H groups in total. The van der Waals surface area contributed by atoms with Crippen LogP contribution in [0.2, 0.25) is 5.02 Å². The van der Waals surface area contributed by atoms with E-state index >= 15 is 0 Å². The molecule has 0 radical (unpaired) electrons. The van der Waals surface area contributed by atoms with Crippen molar-refractivity contribution in [2.75, 3.05) is 12.4 Å². The summed E-state index contributed by atoms with van der Waals surface area (Å²) in [4.78, 5) is 11.9. The van der Waals surface area contributed by atoms with Crippen molar-refractivity contribution in [1.29, 1.82) is 0 Å². The Bertz CT molecular complexity index is 584. The van der Waals surface area contributed by atoms with Crippen LogP contribution in [0.15, 0.2) is 48.5 Å². The van der Waals surface area contributed by atoms with Crippen LogP contribution in [0.1, 0.15) is 5.56 Å². The minimum absolute atomic E-state index is 0.110. The number of nitrogens with one attached hydrogen (secondary N) is 1. The summed E-state index contributed by atoms with van der Waals surface area (Å²) in [6.07, 6.45) is 0.280. The molecule has 4 heteroatoms. The molecule has 2 aromatic rings. The minimum atomic E-state index is -0.110. The topological polar surface area (TPSA) is 38.3 Å². The Kier molecular flexibility index (Phi) is 4.42. The Morgan fingerprint density at radius 3 is 2.74 bits per heavy atom. The lowest BCUT2D eigenvalue weighted by Crippen LogP contribution is -2.14. The number of hydrogen-bond donors (Lipinski definition) is 1. The van der Waals surface area contributed by atoms with E-state index in [-0.39, 0.29) is 12.3 Å². The van der Waals surface area contributed by atoms with Gasteiger partial charge in [-0.25, -0.2) is 0 Å².